The molecule has 2 rings (SSSR count). The summed E-state index contributed by atoms with van der Waals surface area (Å²) >= 11 is 0. The number of anilines is 1. The summed E-state index contributed by atoms with van der Waals surface area (Å²) in [6.45, 7) is 5.30. The van der Waals surface area contributed by atoms with Crippen molar-refractivity contribution >= 4 is 23.2 Å². The van der Waals surface area contributed by atoms with Crippen LogP contribution in [0.2, 0.25) is 0 Å². The maximum absolute atomic E-state index is 12.4. The molecule has 1 atom stereocenters. The van der Waals surface area contributed by atoms with Crippen molar-refractivity contribution in [3.05, 3.63) is 33.9 Å². The van der Waals surface area contributed by atoms with Gasteiger partial charge in [0.1, 0.15) is 0 Å². The molecule has 6 heteroatoms. The van der Waals surface area contributed by atoms with Crippen molar-refractivity contribution in [3.63, 3.8) is 0 Å². The van der Waals surface area contributed by atoms with Crippen molar-refractivity contribution < 1.29 is 14.5 Å². The molecule has 1 aromatic rings. The summed E-state index contributed by atoms with van der Waals surface area (Å²) in [7, 11) is 0. The van der Waals surface area contributed by atoms with Gasteiger partial charge in [0.25, 0.3) is 5.69 Å². The number of rotatable bonds is 3. The first-order valence-electron chi connectivity index (χ1n) is 6.42. The standard InChI is InChI=1S/C14H16N2O4/c1-4-14(3)8-12(17)15(13(14)18)11-6-5-10(16(19)20)7-9(11)2/h5-7H,4,8H2,1-3H3/t14-/m1/s1. The first-order chi connectivity index (χ1) is 9.30. The zero-order chi connectivity index (χ0) is 15.1. The summed E-state index contributed by atoms with van der Waals surface area (Å²) in [6, 6.07) is 4.15. The van der Waals surface area contributed by atoms with E-state index >= 15 is 0 Å². The van der Waals surface area contributed by atoms with Crippen molar-refractivity contribution in [1.82, 2.24) is 0 Å². The number of aryl methyl sites for hydroxylation is 1. The van der Waals surface area contributed by atoms with Gasteiger partial charge in [-0.1, -0.05) is 13.8 Å². The predicted molar refractivity (Wildman–Crippen MR) is 73.3 cm³/mol. The molecule has 0 radical (unpaired) electrons. The van der Waals surface area contributed by atoms with Crippen LogP contribution in [0.3, 0.4) is 0 Å². The Bertz CT molecular complexity index is 611. The summed E-state index contributed by atoms with van der Waals surface area (Å²) in [5.41, 5.74) is 0.248. The van der Waals surface area contributed by atoms with E-state index in [0.717, 1.165) is 4.90 Å². The molecule has 0 spiro atoms. The van der Waals surface area contributed by atoms with E-state index in [2.05, 4.69) is 0 Å². The van der Waals surface area contributed by atoms with Crippen LogP contribution in [0.15, 0.2) is 18.2 Å². The second-order valence-corrected chi connectivity index (χ2v) is 5.35. The molecule has 0 N–H and O–H groups in total. The lowest BCUT2D eigenvalue weighted by atomic mass is 9.86. The topological polar surface area (TPSA) is 80.5 Å². The third kappa shape index (κ3) is 2.07. The molecule has 0 aromatic heterocycles. The smallest absolute Gasteiger partial charge is 0.269 e. The van der Waals surface area contributed by atoms with Gasteiger partial charge < -0.3 is 0 Å². The van der Waals surface area contributed by atoms with Crippen molar-refractivity contribution in [2.45, 2.75) is 33.6 Å². The quantitative estimate of drug-likeness (QED) is 0.482. The third-order valence-electron chi connectivity index (χ3n) is 3.92. The first-order valence-corrected chi connectivity index (χ1v) is 6.42. The van der Waals surface area contributed by atoms with E-state index in [1.165, 1.54) is 18.2 Å². The molecule has 20 heavy (non-hydrogen) atoms. The van der Waals surface area contributed by atoms with Crippen LogP contribution in [0.1, 0.15) is 32.3 Å². The second kappa shape index (κ2) is 4.70. The molecule has 2 amide bonds. The molecule has 0 unspecified atom stereocenters. The van der Waals surface area contributed by atoms with Crippen LogP contribution >= 0.6 is 0 Å². The minimum atomic E-state index is -0.675. The van der Waals surface area contributed by atoms with Crippen LogP contribution in [0.4, 0.5) is 11.4 Å². The summed E-state index contributed by atoms with van der Waals surface area (Å²) < 4.78 is 0. The molecule has 1 aliphatic heterocycles. The van der Waals surface area contributed by atoms with Crippen molar-refractivity contribution in [2.75, 3.05) is 4.90 Å². The lowest BCUT2D eigenvalue weighted by Crippen LogP contribution is -2.34. The van der Waals surface area contributed by atoms with Gasteiger partial charge in [0.2, 0.25) is 11.8 Å². The minimum Gasteiger partial charge on any atom is -0.274 e. The summed E-state index contributed by atoms with van der Waals surface area (Å²) in [5, 5.41) is 10.7. The van der Waals surface area contributed by atoms with E-state index in [4.69, 9.17) is 0 Å². The molecular formula is C14H16N2O4. The SMILES string of the molecule is CC[C@]1(C)CC(=O)N(c2ccc([N+](=O)[O-])cc2C)C1=O. The fraction of sp³-hybridized carbons (Fsp3) is 0.429. The first kappa shape index (κ1) is 14.2. The fourth-order valence-electron chi connectivity index (χ4n) is 2.40. The van der Waals surface area contributed by atoms with Gasteiger partial charge in [-0.3, -0.25) is 19.7 Å². The Morgan fingerprint density at radius 2 is 2.05 bits per heavy atom. The molecule has 0 saturated carbocycles. The van der Waals surface area contributed by atoms with E-state index in [-0.39, 0.29) is 23.9 Å². The van der Waals surface area contributed by atoms with Gasteiger partial charge in [0.05, 0.1) is 16.0 Å². The third-order valence-corrected chi connectivity index (χ3v) is 3.92. The van der Waals surface area contributed by atoms with Gasteiger partial charge >= 0.3 is 0 Å². The molecular weight excluding hydrogens is 260 g/mol. The number of hydrogen-bond donors (Lipinski definition) is 0. The number of nitro benzene ring substituents is 1. The normalized spacial score (nSPS) is 22.4. The van der Waals surface area contributed by atoms with Crippen LogP contribution in [-0.2, 0) is 9.59 Å². The number of imide groups is 1. The summed E-state index contributed by atoms with van der Waals surface area (Å²) in [6.07, 6.45) is 0.763. The van der Waals surface area contributed by atoms with Gasteiger partial charge in [-0.2, -0.15) is 0 Å². The Balaban J connectivity index is 2.45. The lowest BCUT2D eigenvalue weighted by molar-refractivity contribution is -0.384. The summed E-state index contributed by atoms with van der Waals surface area (Å²) in [4.78, 5) is 35.9. The van der Waals surface area contributed by atoms with Crippen molar-refractivity contribution in [2.24, 2.45) is 5.41 Å². The van der Waals surface area contributed by atoms with Crippen LogP contribution in [0.25, 0.3) is 0 Å². The number of carbonyl (C=O) groups excluding carboxylic acids is 2. The zero-order valence-electron chi connectivity index (χ0n) is 11.7. The molecule has 1 aromatic carbocycles. The zero-order valence-corrected chi connectivity index (χ0v) is 11.7. The highest BCUT2D eigenvalue weighted by Gasteiger charge is 2.47. The van der Waals surface area contributed by atoms with Crippen LogP contribution in [-0.4, -0.2) is 16.7 Å². The van der Waals surface area contributed by atoms with E-state index in [1.54, 1.807) is 13.8 Å². The lowest BCUT2D eigenvalue weighted by Gasteiger charge is -2.21. The molecule has 0 bridgehead atoms. The van der Waals surface area contributed by atoms with E-state index < -0.39 is 10.3 Å². The summed E-state index contributed by atoms with van der Waals surface area (Å²) in [5.74, 6) is -0.488. The van der Waals surface area contributed by atoms with Crippen LogP contribution < -0.4 is 4.90 Å². The maximum Gasteiger partial charge on any atom is 0.269 e. The molecule has 0 aliphatic carbocycles. The minimum absolute atomic E-state index is 0.0522. The Labute approximate surface area is 116 Å². The maximum atomic E-state index is 12.4. The highest BCUT2D eigenvalue weighted by molar-refractivity contribution is 6.22. The molecule has 1 fully saturated rings. The van der Waals surface area contributed by atoms with Crippen molar-refractivity contribution in [3.8, 4) is 0 Å². The predicted octanol–water partition coefficient (Wildman–Crippen LogP) is 2.58. The average Bonchev–Trinajstić information content (AvgIpc) is 2.61. The molecule has 106 valence electrons. The molecule has 1 saturated heterocycles. The Morgan fingerprint density at radius 1 is 1.40 bits per heavy atom. The Morgan fingerprint density at radius 3 is 2.50 bits per heavy atom. The second-order valence-electron chi connectivity index (χ2n) is 5.35. The largest absolute Gasteiger partial charge is 0.274 e. The van der Waals surface area contributed by atoms with Crippen LogP contribution in [0, 0.1) is 22.5 Å². The van der Waals surface area contributed by atoms with Gasteiger partial charge in [0, 0.05) is 18.6 Å². The van der Waals surface area contributed by atoms with Crippen molar-refractivity contribution in [1.29, 1.82) is 0 Å². The number of nitro groups is 1. The van der Waals surface area contributed by atoms with Gasteiger partial charge in [0.15, 0.2) is 0 Å². The molecule has 1 heterocycles. The molecule has 6 nitrogen and oxygen atoms in total. The van der Waals surface area contributed by atoms with Gasteiger partial charge in [-0.05, 0) is 25.0 Å². The van der Waals surface area contributed by atoms with E-state index in [1.807, 2.05) is 6.92 Å². The van der Waals surface area contributed by atoms with Gasteiger partial charge in [-0.15, -0.1) is 0 Å². The molecule has 1 aliphatic rings. The number of carbonyl (C=O) groups is 2. The Kier molecular flexibility index (Phi) is 3.33. The van der Waals surface area contributed by atoms with E-state index in [0.29, 0.717) is 17.7 Å². The Hall–Kier alpha value is -2.24. The van der Waals surface area contributed by atoms with E-state index in [9.17, 15) is 19.7 Å². The number of amides is 2. The van der Waals surface area contributed by atoms with Crippen LogP contribution in [0.5, 0.6) is 0 Å². The number of benzene rings is 1. The average molecular weight is 276 g/mol. The van der Waals surface area contributed by atoms with Gasteiger partial charge in [-0.25, -0.2) is 4.90 Å². The fourth-order valence-corrected chi connectivity index (χ4v) is 2.40. The number of non-ortho nitro benzene ring substituents is 1. The monoisotopic (exact) mass is 276 g/mol. The highest BCUT2D eigenvalue weighted by Crippen LogP contribution is 2.39. The number of nitrogens with zero attached hydrogens (tertiary/aromatic N) is 2. The number of hydrogen-bond acceptors (Lipinski definition) is 4. The highest BCUT2D eigenvalue weighted by atomic mass is 16.6.